The molecule has 1 saturated heterocycles. The van der Waals surface area contributed by atoms with Gasteiger partial charge >= 0.3 is 6.18 Å². The maximum atomic E-state index is 12.9. The molecule has 34 heavy (non-hydrogen) atoms. The third-order valence-electron chi connectivity index (χ3n) is 6.92. The molecule has 1 aromatic carbocycles. The molecule has 0 spiro atoms. The highest BCUT2D eigenvalue weighted by Crippen LogP contribution is 2.41. The van der Waals surface area contributed by atoms with E-state index in [0.717, 1.165) is 36.0 Å². The van der Waals surface area contributed by atoms with Crippen LogP contribution in [0.2, 0.25) is 0 Å². The van der Waals surface area contributed by atoms with Crippen molar-refractivity contribution >= 4 is 23.4 Å². The van der Waals surface area contributed by atoms with Crippen molar-refractivity contribution in [2.24, 2.45) is 7.05 Å². The Hall–Kier alpha value is -3.10. The number of benzene rings is 1. The van der Waals surface area contributed by atoms with Crippen LogP contribution in [0.15, 0.2) is 59.5 Å². The number of nitrogens with zero attached hydrogens (tertiary/aromatic N) is 3. The van der Waals surface area contributed by atoms with Gasteiger partial charge in [0.1, 0.15) is 11.5 Å². The number of nitrogens with one attached hydrogen (secondary N) is 1. The molecule has 2 bridgehead atoms. The minimum Gasteiger partial charge on any atom is -0.332 e. The SMILES string of the molecule is Cl.Cn1c2c(c3ccc(-n4ccc(-c5ccc(C(F)(F)F)cc5)cc4=O)nc31)C1CCC(C2)N1. The lowest BCUT2D eigenvalue weighted by atomic mass is 10.00. The minimum atomic E-state index is -4.39. The number of fused-ring (bicyclic) bond motifs is 6. The Balaban J connectivity index is 0.00000241. The summed E-state index contributed by atoms with van der Waals surface area (Å²) >= 11 is 0. The maximum absolute atomic E-state index is 12.9. The topological polar surface area (TPSA) is 51.9 Å². The summed E-state index contributed by atoms with van der Waals surface area (Å²) in [5, 5.41) is 4.80. The molecule has 0 saturated carbocycles. The molecule has 1 fully saturated rings. The van der Waals surface area contributed by atoms with Gasteiger partial charge in [0.15, 0.2) is 0 Å². The summed E-state index contributed by atoms with van der Waals surface area (Å²) in [6, 6.07) is 12.7. The first-order valence-corrected chi connectivity index (χ1v) is 10.9. The highest BCUT2D eigenvalue weighted by atomic mass is 35.5. The van der Waals surface area contributed by atoms with Crippen LogP contribution in [-0.4, -0.2) is 20.2 Å². The van der Waals surface area contributed by atoms with E-state index in [1.54, 1.807) is 12.3 Å². The predicted molar refractivity (Wildman–Crippen MR) is 127 cm³/mol. The summed E-state index contributed by atoms with van der Waals surface area (Å²) in [6.07, 6.45) is 0.528. The molecule has 1 N–H and O–H groups in total. The average molecular weight is 487 g/mol. The molecular formula is C25H22ClF3N4O. The first kappa shape index (κ1) is 22.7. The van der Waals surface area contributed by atoms with E-state index in [1.165, 1.54) is 40.4 Å². The smallest absolute Gasteiger partial charge is 0.332 e. The maximum Gasteiger partial charge on any atom is 0.416 e. The normalized spacial score (nSPS) is 19.2. The highest BCUT2D eigenvalue weighted by molar-refractivity contribution is 5.85. The van der Waals surface area contributed by atoms with Crippen molar-refractivity contribution < 1.29 is 13.2 Å². The number of hydrogen-bond donors (Lipinski definition) is 1. The molecule has 2 atom stereocenters. The third-order valence-corrected chi connectivity index (χ3v) is 6.92. The van der Waals surface area contributed by atoms with E-state index in [1.807, 2.05) is 19.2 Å². The standard InChI is InChI=1S/C25H21F3N4O.ClH/c1-31-20-13-17-6-8-19(29-17)23(20)18-7-9-21(30-24(18)31)32-11-10-15(12-22(32)33)14-2-4-16(5-3-14)25(26,27)28;/h2-5,7,9-12,17,19,29H,6,8,13H2,1H3;1H. The zero-order valence-corrected chi connectivity index (χ0v) is 19.1. The van der Waals surface area contributed by atoms with Crippen molar-refractivity contribution in [2.75, 3.05) is 0 Å². The quantitative estimate of drug-likeness (QED) is 0.425. The fourth-order valence-corrected chi connectivity index (χ4v) is 5.28. The largest absolute Gasteiger partial charge is 0.416 e. The van der Waals surface area contributed by atoms with E-state index >= 15 is 0 Å². The van der Waals surface area contributed by atoms with Gasteiger partial charge in [-0.2, -0.15) is 13.2 Å². The monoisotopic (exact) mass is 486 g/mol. The number of halogens is 4. The summed E-state index contributed by atoms with van der Waals surface area (Å²) in [4.78, 5) is 17.7. The molecule has 2 unspecified atom stereocenters. The van der Waals surface area contributed by atoms with Gasteiger partial charge in [0.25, 0.3) is 5.56 Å². The molecule has 4 aromatic rings. The van der Waals surface area contributed by atoms with Gasteiger partial charge in [-0.3, -0.25) is 9.36 Å². The third kappa shape index (κ3) is 3.52. The van der Waals surface area contributed by atoms with Gasteiger partial charge in [-0.1, -0.05) is 12.1 Å². The molecule has 9 heteroatoms. The molecule has 6 rings (SSSR count). The summed E-state index contributed by atoms with van der Waals surface area (Å²) in [5.41, 5.74) is 3.59. The first-order valence-electron chi connectivity index (χ1n) is 10.9. The van der Waals surface area contributed by atoms with Crippen LogP contribution in [0.1, 0.15) is 35.7 Å². The lowest BCUT2D eigenvalue weighted by Gasteiger charge is -2.22. The summed E-state index contributed by atoms with van der Waals surface area (Å²) in [7, 11) is 2.03. The number of hydrogen-bond acceptors (Lipinski definition) is 3. The van der Waals surface area contributed by atoms with Crippen molar-refractivity contribution in [1.82, 2.24) is 19.4 Å². The van der Waals surface area contributed by atoms with Gasteiger partial charge in [-0.05, 0) is 59.9 Å². The molecule has 2 aliphatic heterocycles. The van der Waals surface area contributed by atoms with Gasteiger partial charge in [0.05, 0.1) is 5.56 Å². The fourth-order valence-electron chi connectivity index (χ4n) is 5.28. The summed E-state index contributed by atoms with van der Waals surface area (Å²) < 4.78 is 42.1. The van der Waals surface area contributed by atoms with E-state index in [-0.39, 0.29) is 18.0 Å². The molecular weight excluding hydrogens is 465 g/mol. The van der Waals surface area contributed by atoms with Crippen LogP contribution >= 0.6 is 12.4 Å². The summed E-state index contributed by atoms with van der Waals surface area (Å²) in [6.45, 7) is 0. The van der Waals surface area contributed by atoms with Crippen LogP contribution in [0.3, 0.4) is 0 Å². The minimum absolute atomic E-state index is 0. The Kier molecular flexibility index (Phi) is 5.33. The molecule has 2 aliphatic rings. The van der Waals surface area contributed by atoms with Crippen LogP contribution in [-0.2, 0) is 19.6 Å². The Morgan fingerprint density at radius 2 is 1.79 bits per heavy atom. The molecule has 0 aliphatic carbocycles. The lowest BCUT2D eigenvalue weighted by molar-refractivity contribution is -0.137. The van der Waals surface area contributed by atoms with Crippen molar-refractivity contribution in [2.45, 2.75) is 37.5 Å². The van der Waals surface area contributed by atoms with Crippen molar-refractivity contribution in [3.8, 4) is 16.9 Å². The number of rotatable bonds is 2. The second-order valence-corrected chi connectivity index (χ2v) is 8.86. The van der Waals surface area contributed by atoms with Crippen molar-refractivity contribution in [3.63, 3.8) is 0 Å². The predicted octanol–water partition coefficient (Wildman–Crippen LogP) is 5.18. The van der Waals surface area contributed by atoms with Crippen molar-refractivity contribution in [3.05, 3.63) is 81.9 Å². The van der Waals surface area contributed by atoms with E-state index < -0.39 is 11.7 Å². The van der Waals surface area contributed by atoms with E-state index in [2.05, 4.69) is 9.88 Å². The Morgan fingerprint density at radius 3 is 2.50 bits per heavy atom. The van der Waals surface area contributed by atoms with Gasteiger partial charge in [0.2, 0.25) is 0 Å². The van der Waals surface area contributed by atoms with E-state index in [4.69, 9.17) is 4.98 Å². The second kappa shape index (κ2) is 7.99. The average Bonchev–Trinajstić information content (AvgIpc) is 3.31. The number of pyridine rings is 2. The number of alkyl halides is 3. The Bertz CT molecular complexity index is 1460. The van der Waals surface area contributed by atoms with Gasteiger partial charge in [0, 0.05) is 48.9 Å². The molecule has 3 aromatic heterocycles. The number of aryl methyl sites for hydroxylation is 1. The lowest BCUT2D eigenvalue weighted by Crippen LogP contribution is -2.32. The number of aromatic nitrogens is 3. The van der Waals surface area contributed by atoms with Crippen LogP contribution in [0.25, 0.3) is 28.0 Å². The van der Waals surface area contributed by atoms with Crippen LogP contribution in [0, 0.1) is 0 Å². The highest BCUT2D eigenvalue weighted by Gasteiger charge is 2.36. The van der Waals surface area contributed by atoms with E-state index in [9.17, 15) is 18.0 Å². The zero-order valence-electron chi connectivity index (χ0n) is 18.3. The first-order chi connectivity index (χ1) is 15.8. The Morgan fingerprint density at radius 1 is 1.03 bits per heavy atom. The van der Waals surface area contributed by atoms with Gasteiger partial charge in [-0.25, -0.2) is 4.98 Å². The molecule has 176 valence electrons. The molecule has 0 amide bonds. The van der Waals surface area contributed by atoms with Gasteiger partial charge in [-0.15, -0.1) is 12.4 Å². The van der Waals surface area contributed by atoms with Crippen LogP contribution in [0.4, 0.5) is 13.2 Å². The van der Waals surface area contributed by atoms with Crippen LogP contribution in [0.5, 0.6) is 0 Å². The fraction of sp³-hybridized carbons (Fsp3) is 0.280. The van der Waals surface area contributed by atoms with Crippen molar-refractivity contribution in [1.29, 1.82) is 0 Å². The molecule has 0 radical (unpaired) electrons. The van der Waals surface area contributed by atoms with Gasteiger partial charge < -0.3 is 9.88 Å². The zero-order chi connectivity index (χ0) is 22.9. The van der Waals surface area contributed by atoms with E-state index in [0.29, 0.717) is 29.0 Å². The molecule has 5 heterocycles. The van der Waals surface area contributed by atoms with Crippen LogP contribution < -0.4 is 10.9 Å². The Labute approximate surface area is 199 Å². The second-order valence-electron chi connectivity index (χ2n) is 8.86. The summed E-state index contributed by atoms with van der Waals surface area (Å²) in [5.74, 6) is 0.516. The molecule has 5 nitrogen and oxygen atoms in total.